The molecule has 0 amide bonds. The summed E-state index contributed by atoms with van der Waals surface area (Å²) in [4.78, 5) is 48.1. The van der Waals surface area contributed by atoms with Crippen molar-refractivity contribution in [1.82, 2.24) is 9.13 Å². The third-order valence-electron chi connectivity index (χ3n) is 8.29. The van der Waals surface area contributed by atoms with E-state index in [2.05, 4.69) is 0 Å². The van der Waals surface area contributed by atoms with Crippen molar-refractivity contribution in [3.05, 3.63) is 92.5 Å². The molecule has 232 valence electrons. The molecule has 2 saturated heterocycles. The molecule has 1 N–H and O–H groups in total. The second kappa shape index (κ2) is 14.5. The van der Waals surface area contributed by atoms with Crippen molar-refractivity contribution in [2.45, 2.75) is 45.7 Å². The lowest BCUT2D eigenvalue weighted by Crippen LogP contribution is -2.24. The maximum atomic E-state index is 12.6. The van der Waals surface area contributed by atoms with Gasteiger partial charge in [-0.1, -0.05) is 24.3 Å². The molecule has 2 aliphatic rings. The highest BCUT2D eigenvalue weighted by Gasteiger charge is 2.20. The van der Waals surface area contributed by atoms with Crippen LogP contribution in [0.15, 0.2) is 70.5 Å². The van der Waals surface area contributed by atoms with Gasteiger partial charge in [0.1, 0.15) is 11.1 Å². The zero-order valence-electron chi connectivity index (χ0n) is 24.9. The molecule has 0 atom stereocenters. The average molecular weight is 603 g/mol. The van der Waals surface area contributed by atoms with E-state index in [1.807, 2.05) is 39.5 Å². The van der Waals surface area contributed by atoms with Gasteiger partial charge in [-0.05, 0) is 68.7 Å². The second-order valence-corrected chi connectivity index (χ2v) is 11.2. The number of hydrogen-bond donors (Lipinski definition) is 1. The fourth-order valence-electron chi connectivity index (χ4n) is 5.91. The number of carboxylic acids is 1. The van der Waals surface area contributed by atoms with Crippen molar-refractivity contribution < 1.29 is 28.9 Å². The summed E-state index contributed by atoms with van der Waals surface area (Å²) >= 11 is 0. The first-order valence-electron chi connectivity index (χ1n) is 15.2. The SMILES string of the molecule is CCOC(=O)c1cn(CC2CCOCC2)c2ccccc2c1=O.O=C(O)c1cn(CC2CCOCC2)c2ccccc2c1=O. The zero-order chi connectivity index (χ0) is 31.1. The lowest BCUT2D eigenvalue weighted by Gasteiger charge is -2.24. The first kappa shape index (κ1) is 31.2. The number of carbonyl (C=O) groups is 2. The molecule has 0 aliphatic carbocycles. The fourth-order valence-corrected chi connectivity index (χ4v) is 5.91. The number of carboxylic acid groups (broad SMARTS) is 1. The molecule has 44 heavy (non-hydrogen) atoms. The van der Waals surface area contributed by atoms with Crippen LogP contribution < -0.4 is 10.9 Å². The van der Waals surface area contributed by atoms with E-state index in [9.17, 15) is 24.3 Å². The van der Waals surface area contributed by atoms with Crippen molar-refractivity contribution >= 4 is 33.7 Å². The molecular weight excluding hydrogens is 564 g/mol. The van der Waals surface area contributed by atoms with E-state index < -0.39 is 17.4 Å². The van der Waals surface area contributed by atoms with E-state index >= 15 is 0 Å². The molecule has 2 aliphatic heterocycles. The predicted molar refractivity (Wildman–Crippen MR) is 166 cm³/mol. The monoisotopic (exact) mass is 602 g/mol. The Labute approximate surface area is 254 Å². The quantitative estimate of drug-likeness (QED) is 0.301. The Morgan fingerprint density at radius 1 is 0.750 bits per heavy atom. The molecule has 2 aromatic carbocycles. The van der Waals surface area contributed by atoms with Gasteiger partial charge in [0.2, 0.25) is 10.9 Å². The van der Waals surface area contributed by atoms with Gasteiger partial charge in [0.15, 0.2) is 0 Å². The molecule has 2 aromatic heterocycles. The van der Waals surface area contributed by atoms with Crippen LogP contribution >= 0.6 is 0 Å². The molecule has 0 saturated carbocycles. The Kier molecular flexibility index (Phi) is 10.2. The number of benzene rings is 2. The van der Waals surface area contributed by atoms with Crippen LogP contribution in [0.3, 0.4) is 0 Å². The Morgan fingerprint density at radius 3 is 1.64 bits per heavy atom. The molecule has 0 unspecified atom stereocenters. The van der Waals surface area contributed by atoms with Crippen LogP contribution in [0.5, 0.6) is 0 Å². The normalized spacial score (nSPS) is 15.9. The van der Waals surface area contributed by atoms with Gasteiger partial charge in [0, 0.05) is 62.7 Å². The highest BCUT2D eigenvalue weighted by molar-refractivity contribution is 5.94. The smallest absolute Gasteiger partial charge is 0.343 e. The summed E-state index contributed by atoms with van der Waals surface area (Å²) in [5.41, 5.74) is 0.915. The molecule has 4 aromatic rings. The Hall–Kier alpha value is -4.28. The van der Waals surface area contributed by atoms with Crippen LogP contribution in [-0.2, 0) is 27.3 Å². The van der Waals surface area contributed by atoms with Gasteiger partial charge in [-0.3, -0.25) is 9.59 Å². The lowest BCUT2D eigenvalue weighted by atomic mass is 9.99. The van der Waals surface area contributed by atoms with Crippen molar-refractivity contribution in [2.75, 3.05) is 33.0 Å². The Morgan fingerprint density at radius 2 is 1.18 bits per heavy atom. The highest BCUT2D eigenvalue weighted by atomic mass is 16.5. The van der Waals surface area contributed by atoms with Crippen molar-refractivity contribution in [1.29, 1.82) is 0 Å². The van der Waals surface area contributed by atoms with Crippen LogP contribution in [0.25, 0.3) is 21.8 Å². The molecule has 10 nitrogen and oxygen atoms in total. The number of rotatable bonds is 7. The minimum Gasteiger partial charge on any atom is -0.477 e. The number of hydrogen-bond acceptors (Lipinski definition) is 7. The summed E-state index contributed by atoms with van der Waals surface area (Å²) in [5.74, 6) is -0.786. The predicted octanol–water partition coefficient (Wildman–Crippen LogP) is 4.73. The van der Waals surface area contributed by atoms with Crippen LogP contribution in [-0.4, -0.2) is 59.2 Å². The maximum absolute atomic E-state index is 12.6. The van der Waals surface area contributed by atoms with Gasteiger partial charge in [-0.2, -0.15) is 0 Å². The first-order valence-corrected chi connectivity index (χ1v) is 15.2. The topological polar surface area (TPSA) is 126 Å². The number of nitrogens with zero attached hydrogens (tertiary/aromatic N) is 2. The van der Waals surface area contributed by atoms with Crippen LogP contribution in [0.4, 0.5) is 0 Å². The number of aromatic carboxylic acids is 1. The number of para-hydroxylation sites is 2. The van der Waals surface area contributed by atoms with Gasteiger partial charge in [-0.25, -0.2) is 9.59 Å². The number of fused-ring (bicyclic) bond motifs is 2. The largest absolute Gasteiger partial charge is 0.477 e. The lowest BCUT2D eigenvalue weighted by molar-refractivity contribution is 0.0520. The molecule has 10 heteroatoms. The van der Waals surface area contributed by atoms with Gasteiger partial charge in [-0.15, -0.1) is 0 Å². The van der Waals surface area contributed by atoms with Gasteiger partial charge in [0.05, 0.1) is 17.6 Å². The first-order chi connectivity index (χ1) is 21.4. The van der Waals surface area contributed by atoms with E-state index in [1.165, 1.54) is 6.20 Å². The number of aromatic nitrogens is 2. The summed E-state index contributed by atoms with van der Waals surface area (Å²) in [7, 11) is 0. The minimum atomic E-state index is -1.17. The fraction of sp³-hybridized carbons (Fsp3) is 0.412. The van der Waals surface area contributed by atoms with Gasteiger partial charge in [0.25, 0.3) is 0 Å². The summed E-state index contributed by atoms with van der Waals surface area (Å²) in [6, 6.07) is 14.6. The van der Waals surface area contributed by atoms with Crippen molar-refractivity contribution in [2.24, 2.45) is 11.8 Å². The summed E-state index contributed by atoms with van der Waals surface area (Å²) in [6.07, 6.45) is 7.04. The van der Waals surface area contributed by atoms with Crippen LogP contribution in [0, 0.1) is 11.8 Å². The van der Waals surface area contributed by atoms with E-state index in [1.54, 1.807) is 31.3 Å². The summed E-state index contributed by atoms with van der Waals surface area (Å²) in [5, 5.41) is 10.2. The third kappa shape index (κ3) is 7.09. The third-order valence-corrected chi connectivity index (χ3v) is 8.29. The van der Waals surface area contributed by atoms with E-state index in [4.69, 9.17) is 14.2 Å². The van der Waals surface area contributed by atoms with Gasteiger partial charge < -0.3 is 28.5 Å². The molecule has 0 radical (unpaired) electrons. The van der Waals surface area contributed by atoms with Crippen LogP contribution in [0.2, 0.25) is 0 Å². The molecular formula is C34H38N2O8. The molecule has 0 spiro atoms. The highest BCUT2D eigenvalue weighted by Crippen LogP contribution is 2.22. The number of pyridine rings is 2. The number of carbonyl (C=O) groups excluding carboxylic acids is 1. The number of esters is 1. The maximum Gasteiger partial charge on any atom is 0.343 e. The van der Waals surface area contributed by atoms with Crippen LogP contribution in [0.1, 0.15) is 53.3 Å². The summed E-state index contributed by atoms with van der Waals surface area (Å²) in [6.45, 7) is 6.51. The molecule has 6 rings (SSSR count). The minimum absolute atomic E-state index is 0.109. The van der Waals surface area contributed by atoms with Crippen molar-refractivity contribution in [3.8, 4) is 0 Å². The Balaban J connectivity index is 0.000000175. The zero-order valence-corrected chi connectivity index (χ0v) is 24.9. The van der Waals surface area contributed by atoms with E-state index in [0.29, 0.717) is 29.2 Å². The number of ether oxygens (including phenoxy) is 3. The average Bonchev–Trinajstić information content (AvgIpc) is 3.05. The van der Waals surface area contributed by atoms with E-state index in [-0.39, 0.29) is 23.2 Å². The second-order valence-electron chi connectivity index (χ2n) is 11.2. The molecule has 4 heterocycles. The molecule has 2 fully saturated rings. The molecule has 0 bridgehead atoms. The standard InChI is InChI=1S/C18H21NO4.C16H17NO4/c1-2-23-18(21)15-12-19(11-13-7-9-22-10-8-13)16-6-4-3-5-14(16)17(15)20;18-15-12-3-1-2-4-14(12)17(10-13(15)16(19)20)9-11-5-7-21-8-6-11/h3-6,12-13H,2,7-11H2,1H3;1-4,10-11H,5-9H2,(H,19,20). The summed E-state index contributed by atoms with van der Waals surface area (Å²) < 4.78 is 19.7. The van der Waals surface area contributed by atoms with Crippen molar-refractivity contribution in [3.63, 3.8) is 0 Å². The van der Waals surface area contributed by atoms with E-state index in [0.717, 1.165) is 69.7 Å². The van der Waals surface area contributed by atoms with Gasteiger partial charge >= 0.3 is 11.9 Å². The Bertz CT molecular complexity index is 1750.